The van der Waals surface area contributed by atoms with Crippen molar-refractivity contribution in [2.45, 2.75) is 26.3 Å². The number of anilines is 1. The molecule has 0 unspecified atom stereocenters. The van der Waals surface area contributed by atoms with Crippen LogP contribution in [0.1, 0.15) is 31.3 Å². The Morgan fingerprint density at radius 2 is 2.05 bits per heavy atom. The van der Waals surface area contributed by atoms with Crippen molar-refractivity contribution in [1.82, 2.24) is 9.97 Å². The van der Waals surface area contributed by atoms with Crippen molar-refractivity contribution >= 4 is 17.8 Å². The highest BCUT2D eigenvalue weighted by atomic mass is 16.5. The van der Waals surface area contributed by atoms with Crippen molar-refractivity contribution in [3.63, 3.8) is 0 Å². The van der Waals surface area contributed by atoms with Gasteiger partial charge in [0, 0.05) is 6.54 Å². The van der Waals surface area contributed by atoms with E-state index in [4.69, 9.17) is 0 Å². The van der Waals surface area contributed by atoms with Crippen molar-refractivity contribution < 1.29 is 19.4 Å². The molecule has 104 valence electrons. The highest BCUT2D eigenvalue weighted by molar-refractivity contribution is 5.87. The van der Waals surface area contributed by atoms with Gasteiger partial charge >= 0.3 is 11.9 Å². The van der Waals surface area contributed by atoms with Gasteiger partial charge in [0.2, 0.25) is 0 Å². The summed E-state index contributed by atoms with van der Waals surface area (Å²) in [6.07, 6.45) is 2.69. The first-order valence-electron chi connectivity index (χ1n) is 5.76. The summed E-state index contributed by atoms with van der Waals surface area (Å²) in [5.41, 5.74) is -1.11. The number of esters is 1. The number of carboxylic acid groups (broad SMARTS) is 1. The van der Waals surface area contributed by atoms with E-state index in [-0.39, 0.29) is 5.69 Å². The second kappa shape index (κ2) is 5.64. The standard InChI is InChI=1S/C12H17N3O4/c1-5-15(12(2,3)11(17)18)9-7-13-6-8(14-9)10(16)19-4/h6-7H,5H2,1-4H3,(H,17,18). The molecule has 0 aliphatic heterocycles. The van der Waals surface area contributed by atoms with Crippen LogP contribution in [0.3, 0.4) is 0 Å². The molecule has 0 aromatic carbocycles. The molecular formula is C12H17N3O4. The molecule has 0 saturated carbocycles. The number of carboxylic acids is 1. The predicted molar refractivity (Wildman–Crippen MR) is 68.1 cm³/mol. The Morgan fingerprint density at radius 3 is 2.53 bits per heavy atom. The average Bonchev–Trinajstić information content (AvgIpc) is 2.38. The van der Waals surface area contributed by atoms with Crippen molar-refractivity contribution in [2.24, 2.45) is 0 Å². The molecule has 0 fully saturated rings. The number of aromatic nitrogens is 2. The third-order valence-corrected chi connectivity index (χ3v) is 2.81. The largest absolute Gasteiger partial charge is 0.480 e. The first-order valence-corrected chi connectivity index (χ1v) is 5.76. The first kappa shape index (κ1) is 14.9. The summed E-state index contributed by atoms with van der Waals surface area (Å²) >= 11 is 0. The molecule has 0 aliphatic carbocycles. The third kappa shape index (κ3) is 2.98. The number of hydrogen-bond donors (Lipinski definition) is 1. The number of likely N-dealkylation sites (N-methyl/N-ethyl adjacent to an activating group) is 1. The van der Waals surface area contributed by atoms with Gasteiger partial charge in [-0.3, -0.25) is 4.98 Å². The molecule has 0 atom stereocenters. The monoisotopic (exact) mass is 267 g/mol. The minimum Gasteiger partial charge on any atom is -0.480 e. The van der Waals surface area contributed by atoms with Gasteiger partial charge in [-0.25, -0.2) is 14.6 Å². The summed E-state index contributed by atoms with van der Waals surface area (Å²) < 4.78 is 4.56. The Labute approximate surface area is 111 Å². The number of hydrogen-bond acceptors (Lipinski definition) is 6. The number of aliphatic carboxylic acids is 1. The van der Waals surface area contributed by atoms with Crippen molar-refractivity contribution in [3.05, 3.63) is 18.1 Å². The van der Waals surface area contributed by atoms with E-state index >= 15 is 0 Å². The Kier molecular flexibility index (Phi) is 4.42. The minimum atomic E-state index is -1.15. The van der Waals surface area contributed by atoms with Crippen LogP contribution in [0.4, 0.5) is 5.82 Å². The fourth-order valence-electron chi connectivity index (χ4n) is 1.65. The smallest absolute Gasteiger partial charge is 0.358 e. The summed E-state index contributed by atoms with van der Waals surface area (Å²) in [5, 5.41) is 9.25. The lowest BCUT2D eigenvalue weighted by molar-refractivity contribution is -0.142. The molecule has 0 aliphatic rings. The molecule has 1 N–H and O–H groups in total. The lowest BCUT2D eigenvalue weighted by Gasteiger charge is -2.34. The first-order chi connectivity index (χ1) is 8.84. The summed E-state index contributed by atoms with van der Waals surface area (Å²) in [7, 11) is 1.25. The second-order valence-electron chi connectivity index (χ2n) is 4.36. The van der Waals surface area contributed by atoms with Crippen LogP contribution in [0.2, 0.25) is 0 Å². The minimum absolute atomic E-state index is 0.0413. The molecule has 0 radical (unpaired) electrons. The van der Waals surface area contributed by atoms with E-state index in [1.54, 1.807) is 25.7 Å². The molecule has 0 bridgehead atoms. The van der Waals surface area contributed by atoms with Crippen molar-refractivity contribution in [2.75, 3.05) is 18.6 Å². The fraction of sp³-hybridized carbons (Fsp3) is 0.500. The van der Waals surface area contributed by atoms with E-state index in [1.165, 1.54) is 19.5 Å². The van der Waals surface area contributed by atoms with Gasteiger partial charge in [0.15, 0.2) is 5.69 Å². The van der Waals surface area contributed by atoms with E-state index in [1.807, 2.05) is 0 Å². The maximum absolute atomic E-state index is 11.4. The molecule has 0 saturated heterocycles. The van der Waals surface area contributed by atoms with Crippen LogP contribution in [-0.4, -0.2) is 46.2 Å². The van der Waals surface area contributed by atoms with E-state index in [0.717, 1.165) is 0 Å². The zero-order valence-corrected chi connectivity index (χ0v) is 11.4. The number of nitrogens with zero attached hydrogens (tertiary/aromatic N) is 3. The van der Waals surface area contributed by atoms with E-state index in [2.05, 4.69) is 14.7 Å². The highest BCUT2D eigenvalue weighted by Crippen LogP contribution is 2.21. The molecule has 7 nitrogen and oxygen atoms in total. The topological polar surface area (TPSA) is 92.6 Å². The molecule has 0 amide bonds. The summed E-state index contributed by atoms with van der Waals surface area (Å²) in [6.45, 7) is 5.34. The SMILES string of the molecule is CCN(c1cncc(C(=O)OC)n1)C(C)(C)C(=O)O. The molecule has 1 heterocycles. The maximum atomic E-state index is 11.4. The zero-order chi connectivity index (χ0) is 14.6. The Hall–Kier alpha value is -2.18. The van der Waals surface area contributed by atoms with Crippen LogP contribution in [0.25, 0.3) is 0 Å². The zero-order valence-electron chi connectivity index (χ0n) is 11.4. The Morgan fingerprint density at radius 1 is 1.42 bits per heavy atom. The van der Waals surface area contributed by atoms with Crippen molar-refractivity contribution in [3.8, 4) is 0 Å². The molecule has 0 spiro atoms. The van der Waals surface area contributed by atoms with Crippen LogP contribution < -0.4 is 4.90 Å². The summed E-state index contributed by atoms with van der Waals surface area (Å²) in [4.78, 5) is 32.2. The lowest BCUT2D eigenvalue weighted by atomic mass is 10.0. The van der Waals surface area contributed by atoms with Crippen LogP contribution >= 0.6 is 0 Å². The van der Waals surface area contributed by atoms with Crippen molar-refractivity contribution in [1.29, 1.82) is 0 Å². The van der Waals surface area contributed by atoms with Gasteiger partial charge in [0.05, 0.1) is 19.5 Å². The van der Waals surface area contributed by atoms with E-state index in [9.17, 15) is 14.7 Å². The van der Waals surface area contributed by atoms with Gasteiger partial charge in [0.1, 0.15) is 11.4 Å². The number of carbonyl (C=O) groups excluding carboxylic acids is 1. The normalized spacial score (nSPS) is 10.9. The predicted octanol–water partition coefficient (Wildman–Crippen LogP) is 0.953. The van der Waals surface area contributed by atoms with Crippen LogP contribution in [0.5, 0.6) is 0 Å². The van der Waals surface area contributed by atoms with E-state index < -0.39 is 17.5 Å². The third-order valence-electron chi connectivity index (χ3n) is 2.81. The average molecular weight is 267 g/mol. The molecule has 1 aromatic heterocycles. The van der Waals surface area contributed by atoms with Gasteiger partial charge in [-0.2, -0.15) is 0 Å². The molecule has 1 aromatic rings. The molecule has 19 heavy (non-hydrogen) atoms. The lowest BCUT2D eigenvalue weighted by Crippen LogP contribution is -2.50. The molecular weight excluding hydrogens is 250 g/mol. The number of carbonyl (C=O) groups is 2. The number of rotatable bonds is 5. The van der Waals surface area contributed by atoms with Crippen LogP contribution in [-0.2, 0) is 9.53 Å². The Balaban J connectivity index is 3.20. The van der Waals surface area contributed by atoms with Crippen LogP contribution in [0.15, 0.2) is 12.4 Å². The summed E-state index contributed by atoms with van der Waals surface area (Å²) in [6, 6.07) is 0. The maximum Gasteiger partial charge on any atom is 0.358 e. The van der Waals surface area contributed by atoms with Crippen LogP contribution in [0, 0.1) is 0 Å². The Bertz CT molecular complexity index is 488. The second-order valence-corrected chi connectivity index (χ2v) is 4.36. The van der Waals surface area contributed by atoms with E-state index in [0.29, 0.717) is 12.4 Å². The van der Waals surface area contributed by atoms with Gasteiger partial charge in [-0.15, -0.1) is 0 Å². The summed E-state index contributed by atoms with van der Waals surface area (Å²) in [5.74, 6) is -1.28. The van der Waals surface area contributed by atoms with Gasteiger partial charge in [-0.05, 0) is 20.8 Å². The molecule has 7 heteroatoms. The number of ether oxygens (including phenoxy) is 1. The highest BCUT2D eigenvalue weighted by Gasteiger charge is 2.35. The van der Waals surface area contributed by atoms with Gasteiger partial charge in [0.25, 0.3) is 0 Å². The van der Waals surface area contributed by atoms with Gasteiger partial charge in [-0.1, -0.05) is 0 Å². The van der Waals surface area contributed by atoms with Gasteiger partial charge < -0.3 is 14.7 Å². The number of methoxy groups -OCH3 is 1. The fourth-order valence-corrected chi connectivity index (χ4v) is 1.65. The molecule has 1 rings (SSSR count). The quantitative estimate of drug-likeness (QED) is 0.794.